The van der Waals surface area contributed by atoms with Gasteiger partial charge in [-0.05, 0) is 56.9 Å². The van der Waals surface area contributed by atoms with Crippen LogP contribution in [0.15, 0.2) is 41.0 Å². The van der Waals surface area contributed by atoms with Crippen LogP contribution in [0.2, 0.25) is 0 Å². The summed E-state index contributed by atoms with van der Waals surface area (Å²) in [5.41, 5.74) is 2.30. The van der Waals surface area contributed by atoms with Crippen LogP contribution >= 0.6 is 0 Å². The number of nitrogens with zero attached hydrogens (tertiary/aromatic N) is 2. The molecule has 3 rings (SSSR count). The van der Waals surface area contributed by atoms with Crippen LogP contribution in [0.4, 0.5) is 10.5 Å². The molecule has 7 nitrogen and oxygen atoms in total. The first-order valence-electron chi connectivity index (χ1n) is 8.61. The molecule has 138 valence electrons. The highest BCUT2D eigenvalue weighted by Gasteiger charge is 2.23. The lowest BCUT2D eigenvalue weighted by Crippen LogP contribution is -2.34. The Kier molecular flexibility index (Phi) is 5.27. The molecule has 3 amide bonds. The van der Waals surface area contributed by atoms with Gasteiger partial charge in [0.05, 0.1) is 12.3 Å². The molecule has 0 saturated carbocycles. The summed E-state index contributed by atoms with van der Waals surface area (Å²) in [5, 5.41) is 5.74. The van der Waals surface area contributed by atoms with Crippen LogP contribution in [0.5, 0.6) is 0 Å². The molecule has 1 atom stereocenters. The summed E-state index contributed by atoms with van der Waals surface area (Å²) in [4.78, 5) is 28.0. The fraction of sp³-hybridized carbons (Fsp3) is 0.368. The standard InChI is InChI=1S/C19H24N4O3/c1-13-11-14(6-7-15(13)23-9-8-20-19(23)25)18(24)21-12-16(22(2)3)17-5-4-10-26-17/h4-7,10-11,16H,8-9,12H2,1-3H3,(H,20,25)(H,21,24). The molecular weight excluding hydrogens is 332 g/mol. The average molecular weight is 356 g/mol. The SMILES string of the molecule is Cc1cc(C(=O)NCC(c2ccco2)N(C)C)ccc1N1CCNC1=O. The van der Waals surface area contributed by atoms with Gasteiger partial charge in [-0.3, -0.25) is 14.6 Å². The maximum absolute atomic E-state index is 12.5. The molecule has 1 unspecified atom stereocenters. The van der Waals surface area contributed by atoms with E-state index in [0.717, 1.165) is 17.0 Å². The number of benzene rings is 1. The van der Waals surface area contributed by atoms with Gasteiger partial charge in [-0.2, -0.15) is 0 Å². The maximum Gasteiger partial charge on any atom is 0.322 e. The maximum atomic E-state index is 12.5. The number of hydrogen-bond donors (Lipinski definition) is 2. The van der Waals surface area contributed by atoms with Gasteiger partial charge in [-0.1, -0.05) is 0 Å². The molecule has 0 radical (unpaired) electrons. The van der Waals surface area contributed by atoms with Crippen LogP contribution in [-0.4, -0.2) is 50.6 Å². The molecule has 0 spiro atoms. The van der Waals surface area contributed by atoms with Crippen LogP contribution in [0.1, 0.15) is 27.7 Å². The van der Waals surface area contributed by atoms with Gasteiger partial charge in [0.1, 0.15) is 5.76 Å². The lowest BCUT2D eigenvalue weighted by atomic mass is 10.1. The van der Waals surface area contributed by atoms with Crippen molar-refractivity contribution in [1.82, 2.24) is 15.5 Å². The zero-order chi connectivity index (χ0) is 18.7. The van der Waals surface area contributed by atoms with E-state index in [2.05, 4.69) is 10.6 Å². The van der Waals surface area contributed by atoms with Crippen molar-refractivity contribution < 1.29 is 14.0 Å². The molecule has 7 heteroatoms. The third-order valence-electron chi connectivity index (χ3n) is 4.56. The number of amides is 3. The number of likely N-dealkylation sites (N-methyl/N-ethyl adjacent to an activating group) is 1. The van der Waals surface area contributed by atoms with Crippen molar-refractivity contribution in [3.8, 4) is 0 Å². The topological polar surface area (TPSA) is 77.8 Å². The molecule has 2 heterocycles. The van der Waals surface area contributed by atoms with Crippen LogP contribution in [0.25, 0.3) is 0 Å². The molecule has 1 fully saturated rings. The predicted octanol–water partition coefficient (Wildman–Crippen LogP) is 2.15. The summed E-state index contributed by atoms with van der Waals surface area (Å²) >= 11 is 0. The van der Waals surface area contributed by atoms with Gasteiger partial charge < -0.3 is 15.1 Å². The highest BCUT2D eigenvalue weighted by Crippen LogP contribution is 2.23. The monoisotopic (exact) mass is 356 g/mol. The Bertz CT molecular complexity index is 786. The number of aryl methyl sites for hydroxylation is 1. The molecule has 2 N–H and O–H groups in total. The first kappa shape index (κ1) is 18.0. The number of hydrogen-bond acceptors (Lipinski definition) is 4. The number of urea groups is 1. The Morgan fingerprint density at radius 1 is 1.38 bits per heavy atom. The zero-order valence-electron chi connectivity index (χ0n) is 15.3. The van der Waals surface area contributed by atoms with E-state index in [9.17, 15) is 9.59 Å². The lowest BCUT2D eigenvalue weighted by molar-refractivity contribution is 0.0939. The number of carbonyl (C=O) groups excluding carboxylic acids is 2. The van der Waals surface area contributed by atoms with Crippen molar-refractivity contribution in [3.05, 3.63) is 53.5 Å². The Balaban J connectivity index is 1.68. The summed E-state index contributed by atoms with van der Waals surface area (Å²) in [6, 6.07) is 8.99. The average Bonchev–Trinajstić information content (AvgIpc) is 3.26. The molecule has 1 aliphatic heterocycles. The molecule has 26 heavy (non-hydrogen) atoms. The van der Waals surface area contributed by atoms with E-state index >= 15 is 0 Å². The fourth-order valence-electron chi connectivity index (χ4n) is 3.11. The Labute approximate surface area is 153 Å². The number of carbonyl (C=O) groups is 2. The fourth-order valence-corrected chi connectivity index (χ4v) is 3.11. The summed E-state index contributed by atoms with van der Waals surface area (Å²) in [5.74, 6) is 0.658. The van der Waals surface area contributed by atoms with Crippen molar-refractivity contribution in [2.24, 2.45) is 0 Å². The van der Waals surface area contributed by atoms with Gasteiger partial charge in [0.2, 0.25) is 0 Å². The van der Waals surface area contributed by atoms with Crippen molar-refractivity contribution in [2.75, 3.05) is 38.6 Å². The van der Waals surface area contributed by atoms with Gasteiger partial charge in [0, 0.05) is 30.9 Å². The van der Waals surface area contributed by atoms with Crippen molar-refractivity contribution in [2.45, 2.75) is 13.0 Å². The van der Waals surface area contributed by atoms with E-state index in [-0.39, 0.29) is 18.0 Å². The molecule has 2 aromatic rings. The quantitative estimate of drug-likeness (QED) is 0.831. The summed E-state index contributed by atoms with van der Waals surface area (Å²) in [6.45, 7) is 3.62. The van der Waals surface area contributed by atoms with Gasteiger partial charge in [0.15, 0.2) is 0 Å². The van der Waals surface area contributed by atoms with Crippen LogP contribution in [0, 0.1) is 6.92 Å². The van der Waals surface area contributed by atoms with Gasteiger partial charge in [-0.15, -0.1) is 0 Å². The minimum atomic E-state index is -0.149. The van der Waals surface area contributed by atoms with Crippen LogP contribution in [-0.2, 0) is 0 Å². The van der Waals surface area contributed by atoms with Crippen molar-refractivity contribution >= 4 is 17.6 Å². The number of nitrogens with one attached hydrogen (secondary N) is 2. The highest BCUT2D eigenvalue weighted by molar-refractivity contribution is 5.97. The van der Waals surface area contributed by atoms with E-state index < -0.39 is 0 Å². The van der Waals surface area contributed by atoms with E-state index in [1.54, 1.807) is 17.2 Å². The minimum absolute atomic E-state index is 0.0392. The molecule has 0 bridgehead atoms. The van der Waals surface area contributed by atoms with E-state index in [1.165, 1.54) is 0 Å². The summed E-state index contributed by atoms with van der Waals surface area (Å²) in [6.07, 6.45) is 1.63. The molecular formula is C19H24N4O3. The highest BCUT2D eigenvalue weighted by atomic mass is 16.3. The largest absolute Gasteiger partial charge is 0.468 e. The smallest absolute Gasteiger partial charge is 0.322 e. The van der Waals surface area contributed by atoms with Crippen LogP contribution in [0.3, 0.4) is 0 Å². The first-order chi connectivity index (χ1) is 12.5. The Morgan fingerprint density at radius 3 is 2.77 bits per heavy atom. The second-order valence-corrected chi connectivity index (χ2v) is 6.59. The van der Waals surface area contributed by atoms with Crippen molar-refractivity contribution in [1.29, 1.82) is 0 Å². The van der Waals surface area contributed by atoms with E-state index in [4.69, 9.17) is 4.42 Å². The predicted molar refractivity (Wildman–Crippen MR) is 99.4 cm³/mol. The second kappa shape index (κ2) is 7.61. The normalized spacial score (nSPS) is 15.2. The van der Waals surface area contributed by atoms with Crippen LogP contribution < -0.4 is 15.5 Å². The van der Waals surface area contributed by atoms with Gasteiger partial charge >= 0.3 is 6.03 Å². The third kappa shape index (κ3) is 3.72. The summed E-state index contributed by atoms with van der Waals surface area (Å²) in [7, 11) is 3.89. The Morgan fingerprint density at radius 2 is 2.19 bits per heavy atom. The molecule has 1 saturated heterocycles. The molecule has 1 aromatic carbocycles. The molecule has 1 aliphatic rings. The zero-order valence-corrected chi connectivity index (χ0v) is 15.3. The number of rotatable bonds is 6. The first-order valence-corrected chi connectivity index (χ1v) is 8.61. The molecule has 1 aromatic heterocycles. The Hall–Kier alpha value is -2.80. The van der Waals surface area contributed by atoms with Gasteiger partial charge in [-0.25, -0.2) is 4.79 Å². The second-order valence-electron chi connectivity index (χ2n) is 6.59. The number of furan rings is 1. The van der Waals surface area contributed by atoms with Crippen molar-refractivity contribution in [3.63, 3.8) is 0 Å². The lowest BCUT2D eigenvalue weighted by Gasteiger charge is -2.23. The summed E-state index contributed by atoms with van der Waals surface area (Å²) < 4.78 is 5.46. The van der Waals surface area contributed by atoms with Gasteiger partial charge in [0.25, 0.3) is 5.91 Å². The third-order valence-corrected chi connectivity index (χ3v) is 4.56. The molecule has 0 aliphatic carbocycles. The van der Waals surface area contributed by atoms with E-state index in [0.29, 0.717) is 25.2 Å². The number of anilines is 1. The minimum Gasteiger partial charge on any atom is -0.468 e. The van der Waals surface area contributed by atoms with E-state index in [1.807, 2.05) is 50.2 Å².